The van der Waals surface area contributed by atoms with Gasteiger partial charge in [0.25, 0.3) is 5.91 Å². The van der Waals surface area contributed by atoms with Crippen LogP contribution in [0.15, 0.2) is 52.2 Å². The van der Waals surface area contributed by atoms with Gasteiger partial charge in [-0.2, -0.15) is 0 Å². The van der Waals surface area contributed by atoms with Crippen LogP contribution in [0.5, 0.6) is 0 Å². The summed E-state index contributed by atoms with van der Waals surface area (Å²) in [5, 5.41) is 7.68. The number of nitrogens with zero attached hydrogens (tertiary/aromatic N) is 1. The summed E-state index contributed by atoms with van der Waals surface area (Å²) in [6, 6.07) is 13.0. The second-order valence-electron chi connectivity index (χ2n) is 6.41. The average Bonchev–Trinajstić information content (AvgIpc) is 3.08. The first kappa shape index (κ1) is 20.1. The van der Waals surface area contributed by atoms with Gasteiger partial charge in [-0.15, -0.1) is 11.3 Å². The smallest absolute Gasteiger partial charge is 0.255 e. The number of amides is 2. The molecule has 0 aliphatic carbocycles. The molecule has 7 heteroatoms. The van der Waals surface area contributed by atoms with E-state index in [1.54, 1.807) is 29.2 Å². The van der Waals surface area contributed by atoms with E-state index in [9.17, 15) is 9.59 Å². The molecule has 0 unspecified atom stereocenters. The van der Waals surface area contributed by atoms with Crippen molar-refractivity contribution in [1.82, 2.24) is 4.98 Å². The molecule has 0 aliphatic rings. The van der Waals surface area contributed by atoms with E-state index in [2.05, 4.69) is 15.6 Å². The molecule has 0 bridgehead atoms. The second kappa shape index (κ2) is 9.03. The van der Waals surface area contributed by atoms with Gasteiger partial charge in [0.1, 0.15) is 4.34 Å². The molecular formula is C21H21N3O2S2. The lowest BCUT2D eigenvalue weighted by atomic mass is 10.1. The van der Waals surface area contributed by atoms with Crippen LogP contribution in [0.1, 0.15) is 34.1 Å². The fourth-order valence-electron chi connectivity index (χ4n) is 2.53. The summed E-state index contributed by atoms with van der Waals surface area (Å²) in [7, 11) is 0. The molecule has 3 aromatic rings. The number of aromatic nitrogens is 1. The lowest BCUT2D eigenvalue weighted by Gasteiger charge is -2.11. The van der Waals surface area contributed by atoms with Crippen LogP contribution in [-0.4, -0.2) is 16.8 Å². The van der Waals surface area contributed by atoms with Crippen LogP contribution in [0.3, 0.4) is 0 Å². The lowest BCUT2D eigenvalue weighted by molar-refractivity contribution is -0.114. The Balaban J connectivity index is 1.63. The van der Waals surface area contributed by atoms with E-state index in [4.69, 9.17) is 0 Å². The number of anilines is 2. The van der Waals surface area contributed by atoms with E-state index in [-0.39, 0.29) is 11.8 Å². The van der Waals surface area contributed by atoms with Gasteiger partial charge in [-0.25, -0.2) is 4.98 Å². The maximum absolute atomic E-state index is 12.6. The molecule has 1 heterocycles. The maximum atomic E-state index is 12.6. The van der Waals surface area contributed by atoms with Gasteiger partial charge in [0.05, 0.1) is 0 Å². The van der Waals surface area contributed by atoms with E-state index in [1.807, 2.05) is 55.6 Å². The molecule has 144 valence electrons. The van der Waals surface area contributed by atoms with Crippen molar-refractivity contribution in [2.75, 3.05) is 10.6 Å². The molecule has 3 rings (SSSR count). The van der Waals surface area contributed by atoms with Gasteiger partial charge >= 0.3 is 0 Å². The third kappa shape index (κ3) is 5.43. The van der Waals surface area contributed by atoms with Gasteiger partial charge in [0.15, 0.2) is 0 Å². The Morgan fingerprint density at radius 1 is 1.07 bits per heavy atom. The Kier molecular flexibility index (Phi) is 6.49. The summed E-state index contributed by atoms with van der Waals surface area (Å²) in [5.74, 6) is 0.479. The Morgan fingerprint density at radius 3 is 2.46 bits per heavy atom. The molecule has 0 saturated carbocycles. The van der Waals surface area contributed by atoms with Gasteiger partial charge in [-0.1, -0.05) is 30.0 Å². The van der Waals surface area contributed by atoms with E-state index < -0.39 is 0 Å². The van der Waals surface area contributed by atoms with Gasteiger partial charge < -0.3 is 10.6 Å². The number of nitrogens with one attached hydrogen (secondary N) is 2. The average molecular weight is 412 g/mol. The molecule has 0 radical (unpaired) electrons. The van der Waals surface area contributed by atoms with E-state index in [0.29, 0.717) is 16.9 Å². The predicted octanol–water partition coefficient (Wildman–Crippen LogP) is 5.26. The van der Waals surface area contributed by atoms with Crippen molar-refractivity contribution in [1.29, 1.82) is 0 Å². The summed E-state index contributed by atoms with van der Waals surface area (Å²) in [4.78, 5) is 28.3. The third-order valence-electron chi connectivity index (χ3n) is 3.98. The highest BCUT2D eigenvalue weighted by Gasteiger charge is 2.09. The van der Waals surface area contributed by atoms with Crippen LogP contribution in [0, 0.1) is 13.8 Å². The van der Waals surface area contributed by atoms with Crippen LogP contribution in [0.2, 0.25) is 0 Å². The van der Waals surface area contributed by atoms with Gasteiger partial charge in [0, 0.05) is 40.7 Å². The standard InChI is InChI=1S/C21H21N3O2S2/c1-13-4-9-18(23-15(3)25)10-19(13)24-20(26)17-7-5-16(6-8-17)12-28-21-22-14(2)11-27-21/h4-11H,12H2,1-3H3,(H,23,25)(H,24,26). The van der Waals surface area contributed by atoms with Gasteiger partial charge in [-0.3, -0.25) is 9.59 Å². The monoisotopic (exact) mass is 411 g/mol. The van der Waals surface area contributed by atoms with E-state index in [0.717, 1.165) is 26.9 Å². The summed E-state index contributed by atoms with van der Waals surface area (Å²) in [6.07, 6.45) is 0. The van der Waals surface area contributed by atoms with Crippen molar-refractivity contribution in [3.8, 4) is 0 Å². The lowest BCUT2D eigenvalue weighted by Crippen LogP contribution is -2.13. The van der Waals surface area contributed by atoms with Crippen LogP contribution in [0.25, 0.3) is 0 Å². The number of thioether (sulfide) groups is 1. The highest BCUT2D eigenvalue weighted by Crippen LogP contribution is 2.26. The highest BCUT2D eigenvalue weighted by molar-refractivity contribution is 8.00. The third-order valence-corrected chi connectivity index (χ3v) is 6.19. The Hall–Kier alpha value is -2.64. The highest BCUT2D eigenvalue weighted by atomic mass is 32.2. The van der Waals surface area contributed by atoms with Gasteiger partial charge in [-0.05, 0) is 49.2 Å². The molecule has 5 nitrogen and oxygen atoms in total. The van der Waals surface area contributed by atoms with Gasteiger partial charge in [0.2, 0.25) is 5.91 Å². The fraction of sp³-hybridized carbons (Fsp3) is 0.190. The number of thiazole rings is 1. The van der Waals surface area contributed by atoms with Crippen LogP contribution >= 0.6 is 23.1 Å². The number of carbonyl (C=O) groups excluding carboxylic acids is 2. The van der Waals surface area contributed by atoms with Crippen LogP contribution in [0.4, 0.5) is 11.4 Å². The quantitative estimate of drug-likeness (QED) is 0.543. The zero-order valence-corrected chi connectivity index (χ0v) is 17.5. The Morgan fingerprint density at radius 2 is 1.82 bits per heavy atom. The Labute approximate surface area is 172 Å². The van der Waals surface area contributed by atoms with Crippen molar-refractivity contribution in [3.05, 3.63) is 70.2 Å². The molecule has 28 heavy (non-hydrogen) atoms. The minimum Gasteiger partial charge on any atom is -0.326 e. The number of rotatable bonds is 6. The molecular weight excluding hydrogens is 390 g/mol. The van der Waals surface area contributed by atoms with Crippen molar-refractivity contribution in [2.24, 2.45) is 0 Å². The van der Waals surface area contributed by atoms with Crippen molar-refractivity contribution in [2.45, 2.75) is 30.9 Å². The minimum absolute atomic E-state index is 0.150. The summed E-state index contributed by atoms with van der Waals surface area (Å²) >= 11 is 3.34. The SMILES string of the molecule is CC(=O)Nc1ccc(C)c(NC(=O)c2ccc(CSc3nc(C)cs3)cc2)c1. The number of aryl methyl sites for hydroxylation is 2. The zero-order chi connectivity index (χ0) is 20.1. The first-order chi connectivity index (χ1) is 13.4. The fourth-order valence-corrected chi connectivity index (χ4v) is 4.33. The van der Waals surface area contributed by atoms with Crippen molar-refractivity contribution < 1.29 is 9.59 Å². The second-order valence-corrected chi connectivity index (χ2v) is 8.49. The van der Waals surface area contributed by atoms with Crippen molar-refractivity contribution >= 4 is 46.3 Å². The van der Waals surface area contributed by atoms with Crippen molar-refractivity contribution in [3.63, 3.8) is 0 Å². The molecule has 0 aliphatic heterocycles. The molecule has 0 spiro atoms. The largest absolute Gasteiger partial charge is 0.326 e. The molecule has 1 aromatic heterocycles. The predicted molar refractivity (Wildman–Crippen MR) is 116 cm³/mol. The maximum Gasteiger partial charge on any atom is 0.255 e. The number of benzene rings is 2. The number of hydrogen-bond donors (Lipinski definition) is 2. The molecule has 2 N–H and O–H groups in total. The number of hydrogen-bond acceptors (Lipinski definition) is 5. The minimum atomic E-state index is -0.183. The summed E-state index contributed by atoms with van der Waals surface area (Å²) in [6.45, 7) is 5.35. The van der Waals surface area contributed by atoms with Crippen LogP contribution < -0.4 is 10.6 Å². The zero-order valence-electron chi connectivity index (χ0n) is 15.9. The summed E-state index contributed by atoms with van der Waals surface area (Å²) in [5.41, 5.74) is 5.02. The first-order valence-electron chi connectivity index (χ1n) is 8.74. The normalized spacial score (nSPS) is 10.5. The first-order valence-corrected chi connectivity index (χ1v) is 10.6. The molecule has 0 atom stereocenters. The molecule has 2 amide bonds. The summed E-state index contributed by atoms with van der Waals surface area (Å²) < 4.78 is 1.05. The topological polar surface area (TPSA) is 71.1 Å². The van der Waals surface area contributed by atoms with E-state index >= 15 is 0 Å². The Bertz CT molecular complexity index is 997. The van der Waals surface area contributed by atoms with E-state index in [1.165, 1.54) is 6.92 Å². The molecule has 0 fully saturated rings. The van der Waals surface area contributed by atoms with Crippen LogP contribution in [-0.2, 0) is 10.5 Å². The molecule has 2 aromatic carbocycles. The number of carbonyl (C=O) groups is 2. The molecule has 0 saturated heterocycles.